The standard InChI is InChI=1S/C7H9NOS/c1-5-2-7-6(3-8-5)9-4-10-7/h2-3,6-7H,4H2,1H3. The highest BCUT2D eigenvalue weighted by Crippen LogP contribution is 2.29. The Kier molecular flexibility index (Phi) is 1.54. The highest BCUT2D eigenvalue weighted by atomic mass is 32.2. The molecule has 0 aromatic rings. The Balaban J connectivity index is 2.20. The Hall–Kier alpha value is -0.280. The van der Waals surface area contributed by atoms with Crippen LogP contribution in [0.1, 0.15) is 6.92 Å². The smallest absolute Gasteiger partial charge is 0.109 e. The molecule has 0 saturated carbocycles. The van der Waals surface area contributed by atoms with Gasteiger partial charge in [0, 0.05) is 11.9 Å². The predicted molar refractivity (Wildman–Crippen MR) is 43.4 cm³/mol. The molecule has 1 saturated heterocycles. The van der Waals surface area contributed by atoms with Gasteiger partial charge in [-0.15, -0.1) is 11.8 Å². The van der Waals surface area contributed by atoms with Crippen molar-refractivity contribution in [1.29, 1.82) is 0 Å². The largest absolute Gasteiger partial charge is 0.360 e. The van der Waals surface area contributed by atoms with Gasteiger partial charge in [0.05, 0.1) is 11.2 Å². The lowest BCUT2D eigenvalue weighted by molar-refractivity contribution is 0.168. The highest BCUT2D eigenvalue weighted by molar-refractivity contribution is 8.00. The van der Waals surface area contributed by atoms with Crippen molar-refractivity contribution in [2.45, 2.75) is 18.3 Å². The van der Waals surface area contributed by atoms with Gasteiger partial charge in [-0.2, -0.15) is 0 Å². The molecular formula is C7H9NOS. The first-order valence-electron chi connectivity index (χ1n) is 3.32. The van der Waals surface area contributed by atoms with E-state index in [0.29, 0.717) is 5.25 Å². The summed E-state index contributed by atoms with van der Waals surface area (Å²) >= 11 is 1.84. The van der Waals surface area contributed by atoms with Crippen molar-refractivity contribution in [3.63, 3.8) is 0 Å². The maximum Gasteiger partial charge on any atom is 0.109 e. The van der Waals surface area contributed by atoms with Crippen LogP contribution in [0, 0.1) is 0 Å². The fourth-order valence-electron chi connectivity index (χ4n) is 1.13. The third-order valence-electron chi connectivity index (χ3n) is 1.68. The summed E-state index contributed by atoms with van der Waals surface area (Å²) < 4.78 is 5.37. The molecule has 3 heteroatoms. The van der Waals surface area contributed by atoms with Crippen LogP contribution in [-0.4, -0.2) is 23.5 Å². The Morgan fingerprint density at radius 3 is 3.60 bits per heavy atom. The van der Waals surface area contributed by atoms with Gasteiger partial charge in [-0.05, 0) is 13.0 Å². The monoisotopic (exact) mass is 155 g/mol. The second kappa shape index (κ2) is 2.40. The fraction of sp³-hybridized carbons (Fsp3) is 0.571. The molecule has 0 spiro atoms. The summed E-state index contributed by atoms with van der Waals surface area (Å²) in [5.74, 6) is 0.811. The van der Waals surface area contributed by atoms with Crippen molar-refractivity contribution < 1.29 is 4.74 Å². The molecule has 54 valence electrons. The van der Waals surface area contributed by atoms with Gasteiger partial charge >= 0.3 is 0 Å². The number of hydrogen-bond donors (Lipinski definition) is 0. The normalized spacial score (nSPS) is 37.5. The highest BCUT2D eigenvalue weighted by Gasteiger charge is 2.27. The molecule has 2 atom stereocenters. The van der Waals surface area contributed by atoms with Crippen LogP contribution in [0.5, 0.6) is 0 Å². The molecule has 0 aromatic heterocycles. The second-order valence-corrected chi connectivity index (χ2v) is 3.58. The molecule has 0 aliphatic carbocycles. The van der Waals surface area contributed by atoms with E-state index in [1.165, 1.54) is 0 Å². The molecule has 2 aliphatic rings. The number of hydrogen-bond acceptors (Lipinski definition) is 3. The van der Waals surface area contributed by atoms with Crippen molar-refractivity contribution in [3.8, 4) is 0 Å². The number of aliphatic imine (C=N–C) groups is 1. The zero-order valence-electron chi connectivity index (χ0n) is 5.78. The number of thioether (sulfide) groups is 1. The molecule has 2 nitrogen and oxygen atoms in total. The fourth-order valence-corrected chi connectivity index (χ4v) is 2.15. The Labute approximate surface area is 64.4 Å². The lowest BCUT2D eigenvalue weighted by Crippen LogP contribution is -2.22. The maximum atomic E-state index is 5.37. The first-order valence-corrected chi connectivity index (χ1v) is 4.37. The van der Waals surface area contributed by atoms with Gasteiger partial charge in [0.15, 0.2) is 0 Å². The van der Waals surface area contributed by atoms with Crippen LogP contribution >= 0.6 is 11.8 Å². The Bertz CT molecular complexity index is 200. The first-order chi connectivity index (χ1) is 4.86. The van der Waals surface area contributed by atoms with E-state index >= 15 is 0 Å². The van der Waals surface area contributed by atoms with Crippen LogP contribution in [0.4, 0.5) is 0 Å². The van der Waals surface area contributed by atoms with Gasteiger partial charge in [-0.25, -0.2) is 0 Å². The van der Waals surface area contributed by atoms with Gasteiger partial charge in [0.2, 0.25) is 0 Å². The third-order valence-corrected chi connectivity index (χ3v) is 2.74. The van der Waals surface area contributed by atoms with E-state index in [-0.39, 0.29) is 6.10 Å². The average molecular weight is 155 g/mol. The number of nitrogens with zero attached hydrogens (tertiary/aromatic N) is 1. The molecule has 2 rings (SSSR count). The third kappa shape index (κ3) is 0.995. The Morgan fingerprint density at radius 1 is 1.80 bits per heavy atom. The summed E-state index contributed by atoms with van der Waals surface area (Å²) in [4.78, 5) is 4.17. The van der Waals surface area contributed by atoms with Crippen LogP contribution in [0.25, 0.3) is 0 Å². The van der Waals surface area contributed by atoms with Crippen LogP contribution in [0.15, 0.2) is 16.8 Å². The second-order valence-electron chi connectivity index (χ2n) is 2.47. The number of fused-ring (bicyclic) bond motifs is 1. The van der Waals surface area contributed by atoms with E-state index in [4.69, 9.17) is 4.74 Å². The summed E-state index contributed by atoms with van der Waals surface area (Å²) in [6.07, 6.45) is 4.32. The van der Waals surface area contributed by atoms with E-state index < -0.39 is 0 Å². The first kappa shape index (κ1) is 6.43. The van der Waals surface area contributed by atoms with Crippen LogP contribution in [0.2, 0.25) is 0 Å². The van der Waals surface area contributed by atoms with E-state index in [0.717, 1.165) is 11.6 Å². The molecule has 0 amide bonds. The molecule has 0 aromatic carbocycles. The Morgan fingerprint density at radius 2 is 2.70 bits per heavy atom. The van der Waals surface area contributed by atoms with Crippen molar-refractivity contribution in [1.82, 2.24) is 0 Å². The van der Waals surface area contributed by atoms with E-state index in [1.54, 1.807) is 0 Å². The minimum Gasteiger partial charge on any atom is -0.360 e. The maximum absolute atomic E-state index is 5.37. The zero-order chi connectivity index (χ0) is 6.97. The van der Waals surface area contributed by atoms with Gasteiger partial charge in [-0.3, -0.25) is 4.99 Å². The van der Waals surface area contributed by atoms with Gasteiger partial charge < -0.3 is 4.74 Å². The number of ether oxygens (including phenoxy) is 1. The van der Waals surface area contributed by atoms with E-state index in [9.17, 15) is 0 Å². The molecule has 10 heavy (non-hydrogen) atoms. The quantitative estimate of drug-likeness (QED) is 0.528. The summed E-state index contributed by atoms with van der Waals surface area (Å²) in [5.41, 5.74) is 1.11. The number of allylic oxidation sites excluding steroid dienone is 1. The van der Waals surface area contributed by atoms with Gasteiger partial charge in [0.25, 0.3) is 0 Å². The summed E-state index contributed by atoms with van der Waals surface area (Å²) in [6, 6.07) is 0. The summed E-state index contributed by atoms with van der Waals surface area (Å²) in [6.45, 7) is 2.02. The minimum atomic E-state index is 0.244. The molecule has 0 radical (unpaired) electrons. The predicted octanol–water partition coefficient (Wildman–Crippen LogP) is 1.43. The summed E-state index contributed by atoms with van der Waals surface area (Å²) in [7, 11) is 0. The van der Waals surface area contributed by atoms with Crippen molar-refractivity contribution in [2.24, 2.45) is 4.99 Å². The van der Waals surface area contributed by atoms with E-state index in [2.05, 4.69) is 11.1 Å². The van der Waals surface area contributed by atoms with Crippen molar-refractivity contribution >= 4 is 18.0 Å². The van der Waals surface area contributed by atoms with Crippen LogP contribution < -0.4 is 0 Å². The zero-order valence-corrected chi connectivity index (χ0v) is 6.60. The lowest BCUT2D eigenvalue weighted by atomic mass is 10.2. The molecule has 2 heterocycles. The molecule has 0 N–H and O–H groups in total. The molecule has 1 fully saturated rings. The lowest BCUT2D eigenvalue weighted by Gasteiger charge is -2.13. The average Bonchev–Trinajstić information content (AvgIpc) is 2.33. The SMILES string of the molecule is CC1=CC2SCOC2C=N1. The van der Waals surface area contributed by atoms with E-state index in [1.807, 2.05) is 24.9 Å². The van der Waals surface area contributed by atoms with Gasteiger partial charge in [-0.1, -0.05) is 0 Å². The number of rotatable bonds is 0. The molecule has 0 bridgehead atoms. The minimum absolute atomic E-state index is 0.244. The molecule has 2 unspecified atom stereocenters. The van der Waals surface area contributed by atoms with Crippen molar-refractivity contribution in [3.05, 3.63) is 11.8 Å². The molecule has 2 aliphatic heterocycles. The van der Waals surface area contributed by atoms with Crippen LogP contribution in [-0.2, 0) is 4.74 Å². The molecular weight excluding hydrogens is 146 g/mol. The van der Waals surface area contributed by atoms with Crippen LogP contribution in [0.3, 0.4) is 0 Å². The summed E-state index contributed by atoms with van der Waals surface area (Å²) in [5, 5.41) is 0.525. The van der Waals surface area contributed by atoms with Crippen molar-refractivity contribution in [2.75, 3.05) is 5.94 Å². The van der Waals surface area contributed by atoms with Gasteiger partial charge in [0.1, 0.15) is 6.10 Å². The topological polar surface area (TPSA) is 21.6 Å².